The van der Waals surface area contributed by atoms with Crippen LogP contribution in [-0.2, 0) is 0 Å². The summed E-state index contributed by atoms with van der Waals surface area (Å²) in [5, 5.41) is 9.73. The van der Waals surface area contributed by atoms with Crippen LogP contribution in [-0.4, -0.2) is 29.0 Å². The fourth-order valence-electron chi connectivity index (χ4n) is 1.67. The monoisotopic (exact) mass is 221 g/mol. The summed E-state index contributed by atoms with van der Waals surface area (Å²) in [6.07, 6.45) is 0.923. The molecule has 0 aromatic heterocycles. The summed E-state index contributed by atoms with van der Waals surface area (Å²) in [6.45, 7) is 7.25. The number of rotatable bonds is 4. The predicted molar refractivity (Wildman–Crippen MR) is 64.7 cm³/mol. The highest BCUT2D eigenvalue weighted by Crippen LogP contribution is 2.20. The third-order valence-electron chi connectivity index (χ3n) is 2.55. The summed E-state index contributed by atoms with van der Waals surface area (Å²) < 4.78 is 0. The first kappa shape index (κ1) is 12.6. The molecule has 0 heterocycles. The summed E-state index contributed by atoms with van der Waals surface area (Å²) in [5.41, 5.74) is 1.34. The molecule has 0 spiro atoms. The first-order valence-electron chi connectivity index (χ1n) is 5.69. The second-order valence-electron chi connectivity index (χ2n) is 3.91. The van der Waals surface area contributed by atoms with Crippen LogP contribution in [0.5, 0.6) is 5.75 Å². The van der Waals surface area contributed by atoms with Gasteiger partial charge < -0.3 is 10.0 Å². The van der Waals surface area contributed by atoms with E-state index in [-0.39, 0.29) is 11.7 Å². The Kier molecular flexibility index (Phi) is 4.35. The van der Waals surface area contributed by atoms with Crippen molar-refractivity contribution < 1.29 is 9.90 Å². The molecule has 1 N–H and O–H groups in total. The predicted octanol–water partition coefficient (Wildman–Crippen LogP) is 2.57. The van der Waals surface area contributed by atoms with Crippen LogP contribution in [0.1, 0.15) is 36.2 Å². The van der Waals surface area contributed by atoms with Gasteiger partial charge >= 0.3 is 0 Å². The van der Waals surface area contributed by atoms with Crippen LogP contribution in [0.3, 0.4) is 0 Å². The summed E-state index contributed by atoms with van der Waals surface area (Å²) >= 11 is 0. The Morgan fingerprint density at radius 1 is 1.38 bits per heavy atom. The second kappa shape index (κ2) is 5.54. The van der Waals surface area contributed by atoms with Gasteiger partial charge in [-0.15, -0.1) is 0 Å². The van der Waals surface area contributed by atoms with Crippen molar-refractivity contribution in [3.05, 3.63) is 29.3 Å². The third kappa shape index (κ3) is 2.75. The Morgan fingerprint density at radius 2 is 2.06 bits per heavy atom. The molecule has 16 heavy (non-hydrogen) atoms. The van der Waals surface area contributed by atoms with Gasteiger partial charge in [-0.2, -0.15) is 0 Å². The Balaban J connectivity index is 2.94. The molecule has 0 bridgehead atoms. The minimum absolute atomic E-state index is 0.0690. The highest BCUT2D eigenvalue weighted by atomic mass is 16.3. The smallest absolute Gasteiger partial charge is 0.257 e. The van der Waals surface area contributed by atoms with Gasteiger partial charge in [0.2, 0.25) is 0 Å². The second-order valence-corrected chi connectivity index (χ2v) is 3.91. The lowest BCUT2D eigenvalue weighted by Crippen LogP contribution is -2.31. The van der Waals surface area contributed by atoms with Crippen LogP contribution < -0.4 is 0 Å². The number of phenols is 1. The number of hydrogen-bond donors (Lipinski definition) is 1. The fourth-order valence-corrected chi connectivity index (χ4v) is 1.67. The standard InChI is InChI=1S/C13H19NO2/c1-4-8-14(5-2)13(16)11-7-6-10(3)9-12(11)15/h6-7,9,15H,4-5,8H2,1-3H3. The number of aryl methyl sites for hydroxylation is 1. The lowest BCUT2D eigenvalue weighted by atomic mass is 10.1. The van der Waals surface area contributed by atoms with E-state index in [1.54, 1.807) is 17.0 Å². The van der Waals surface area contributed by atoms with Gasteiger partial charge in [0.25, 0.3) is 5.91 Å². The lowest BCUT2D eigenvalue weighted by molar-refractivity contribution is 0.0761. The molecule has 0 aliphatic carbocycles. The molecule has 0 saturated heterocycles. The maximum Gasteiger partial charge on any atom is 0.257 e. The number of carbonyl (C=O) groups excluding carboxylic acids is 1. The molecule has 1 rings (SSSR count). The average molecular weight is 221 g/mol. The first-order valence-corrected chi connectivity index (χ1v) is 5.69. The number of carbonyl (C=O) groups is 1. The molecular weight excluding hydrogens is 202 g/mol. The van der Waals surface area contributed by atoms with Crippen LogP contribution in [0.25, 0.3) is 0 Å². The van der Waals surface area contributed by atoms with Crippen molar-refractivity contribution in [2.24, 2.45) is 0 Å². The van der Waals surface area contributed by atoms with E-state index in [2.05, 4.69) is 0 Å². The SMILES string of the molecule is CCCN(CC)C(=O)c1ccc(C)cc1O. The lowest BCUT2D eigenvalue weighted by Gasteiger charge is -2.20. The minimum Gasteiger partial charge on any atom is -0.507 e. The van der Waals surface area contributed by atoms with Gasteiger partial charge in [-0.05, 0) is 38.0 Å². The molecule has 0 unspecified atom stereocenters. The normalized spacial score (nSPS) is 10.2. The Hall–Kier alpha value is -1.51. The summed E-state index contributed by atoms with van der Waals surface area (Å²) in [7, 11) is 0. The zero-order chi connectivity index (χ0) is 12.1. The van der Waals surface area contributed by atoms with E-state index < -0.39 is 0 Å². The third-order valence-corrected chi connectivity index (χ3v) is 2.55. The number of benzene rings is 1. The van der Waals surface area contributed by atoms with Crippen LogP contribution >= 0.6 is 0 Å². The van der Waals surface area contributed by atoms with E-state index >= 15 is 0 Å². The van der Waals surface area contributed by atoms with Crippen molar-refractivity contribution in [1.82, 2.24) is 4.90 Å². The van der Waals surface area contributed by atoms with Gasteiger partial charge in [0, 0.05) is 13.1 Å². The molecule has 0 fully saturated rings. The highest BCUT2D eigenvalue weighted by molar-refractivity contribution is 5.96. The summed E-state index contributed by atoms with van der Waals surface area (Å²) in [6, 6.07) is 5.14. The van der Waals surface area contributed by atoms with Gasteiger partial charge in [0.15, 0.2) is 0 Å². The molecule has 3 nitrogen and oxygen atoms in total. The first-order chi connectivity index (χ1) is 7.60. The van der Waals surface area contributed by atoms with Crippen LogP contribution in [0, 0.1) is 6.92 Å². The summed E-state index contributed by atoms with van der Waals surface area (Å²) in [5.74, 6) is -0.0265. The summed E-state index contributed by atoms with van der Waals surface area (Å²) in [4.78, 5) is 13.8. The molecule has 0 aliphatic heterocycles. The highest BCUT2D eigenvalue weighted by Gasteiger charge is 2.16. The minimum atomic E-state index is -0.0955. The molecule has 1 aromatic carbocycles. The van der Waals surface area contributed by atoms with E-state index in [1.165, 1.54) is 0 Å². The molecule has 0 radical (unpaired) electrons. The Morgan fingerprint density at radius 3 is 2.56 bits per heavy atom. The molecule has 0 aliphatic rings. The zero-order valence-corrected chi connectivity index (χ0v) is 10.2. The number of nitrogens with zero attached hydrogens (tertiary/aromatic N) is 1. The van der Waals surface area contributed by atoms with E-state index in [1.807, 2.05) is 26.8 Å². The molecule has 1 amide bonds. The zero-order valence-electron chi connectivity index (χ0n) is 10.2. The Labute approximate surface area is 96.7 Å². The van der Waals surface area contributed by atoms with Gasteiger partial charge in [-0.1, -0.05) is 13.0 Å². The quantitative estimate of drug-likeness (QED) is 0.849. The van der Waals surface area contributed by atoms with Crippen LogP contribution in [0.2, 0.25) is 0 Å². The number of aromatic hydroxyl groups is 1. The van der Waals surface area contributed by atoms with Crippen LogP contribution in [0.15, 0.2) is 18.2 Å². The van der Waals surface area contributed by atoms with Gasteiger partial charge in [-0.25, -0.2) is 0 Å². The number of phenolic OH excluding ortho intramolecular Hbond substituents is 1. The van der Waals surface area contributed by atoms with Gasteiger partial charge in [0.05, 0.1) is 5.56 Å². The van der Waals surface area contributed by atoms with E-state index in [4.69, 9.17) is 0 Å². The molecule has 0 saturated carbocycles. The van der Waals surface area contributed by atoms with E-state index in [9.17, 15) is 9.90 Å². The van der Waals surface area contributed by atoms with Crippen molar-refractivity contribution in [2.45, 2.75) is 27.2 Å². The Bertz CT molecular complexity index is 374. The molecular formula is C13H19NO2. The maximum atomic E-state index is 12.1. The molecule has 3 heteroatoms. The van der Waals surface area contributed by atoms with Crippen molar-refractivity contribution >= 4 is 5.91 Å². The number of amides is 1. The molecule has 0 atom stereocenters. The van der Waals surface area contributed by atoms with Crippen molar-refractivity contribution in [1.29, 1.82) is 0 Å². The van der Waals surface area contributed by atoms with Crippen molar-refractivity contribution in [3.63, 3.8) is 0 Å². The largest absolute Gasteiger partial charge is 0.507 e. The van der Waals surface area contributed by atoms with E-state index in [0.717, 1.165) is 18.5 Å². The molecule has 88 valence electrons. The maximum absolute atomic E-state index is 12.1. The van der Waals surface area contributed by atoms with Gasteiger partial charge in [0.1, 0.15) is 5.75 Å². The number of hydrogen-bond acceptors (Lipinski definition) is 2. The van der Waals surface area contributed by atoms with Crippen LogP contribution in [0.4, 0.5) is 0 Å². The van der Waals surface area contributed by atoms with Gasteiger partial charge in [-0.3, -0.25) is 4.79 Å². The fraction of sp³-hybridized carbons (Fsp3) is 0.462. The van der Waals surface area contributed by atoms with Crippen molar-refractivity contribution in [2.75, 3.05) is 13.1 Å². The molecule has 1 aromatic rings. The van der Waals surface area contributed by atoms with Crippen molar-refractivity contribution in [3.8, 4) is 5.75 Å². The van der Waals surface area contributed by atoms with E-state index in [0.29, 0.717) is 12.1 Å². The topological polar surface area (TPSA) is 40.5 Å². The average Bonchev–Trinajstić information content (AvgIpc) is 2.25.